The third kappa shape index (κ3) is 3.18. The number of aryl methyl sites for hydroxylation is 1. The molecule has 1 aromatic carbocycles. The molecule has 0 aromatic heterocycles. The summed E-state index contributed by atoms with van der Waals surface area (Å²) in [5.41, 5.74) is 2.18. The van der Waals surface area contributed by atoms with Gasteiger partial charge in [-0.05, 0) is 81.5 Å². The van der Waals surface area contributed by atoms with Gasteiger partial charge in [0.05, 0.1) is 5.69 Å². The monoisotopic (exact) mass is 362 g/mol. The van der Waals surface area contributed by atoms with Crippen molar-refractivity contribution >= 4 is 54.9 Å². The van der Waals surface area contributed by atoms with Gasteiger partial charge in [-0.2, -0.15) is 0 Å². The van der Waals surface area contributed by atoms with Crippen molar-refractivity contribution in [2.45, 2.75) is 25.8 Å². The van der Waals surface area contributed by atoms with Crippen LogP contribution in [0.25, 0.3) is 0 Å². The molecule has 0 aliphatic heterocycles. The maximum atomic E-state index is 5.24. The lowest BCUT2D eigenvalue weighted by Crippen LogP contribution is -2.30. The first-order chi connectivity index (χ1) is 7.56. The van der Waals surface area contributed by atoms with Crippen molar-refractivity contribution in [1.82, 2.24) is 5.32 Å². The Morgan fingerprint density at radius 1 is 1.31 bits per heavy atom. The maximum absolute atomic E-state index is 5.24. The summed E-state index contributed by atoms with van der Waals surface area (Å²) in [5.74, 6) is 0. The van der Waals surface area contributed by atoms with Crippen molar-refractivity contribution in [3.63, 3.8) is 0 Å². The normalized spacial score (nSPS) is 14.7. The van der Waals surface area contributed by atoms with Crippen LogP contribution in [0.15, 0.2) is 21.1 Å². The lowest BCUT2D eigenvalue weighted by molar-refractivity contribution is 0.919. The van der Waals surface area contributed by atoms with Crippen molar-refractivity contribution < 1.29 is 0 Å². The van der Waals surface area contributed by atoms with Gasteiger partial charge in [0, 0.05) is 15.0 Å². The van der Waals surface area contributed by atoms with Crippen LogP contribution in [0.4, 0.5) is 5.69 Å². The zero-order chi connectivity index (χ0) is 11.7. The fraction of sp³-hybridized carbons (Fsp3) is 0.364. The van der Waals surface area contributed by atoms with Crippen molar-refractivity contribution in [2.75, 3.05) is 5.32 Å². The molecule has 1 aliphatic carbocycles. The molecule has 16 heavy (non-hydrogen) atoms. The summed E-state index contributed by atoms with van der Waals surface area (Å²) < 4.78 is 2.03. The lowest BCUT2D eigenvalue weighted by Gasteiger charge is -2.13. The van der Waals surface area contributed by atoms with Gasteiger partial charge in [0.25, 0.3) is 0 Å². The predicted molar refractivity (Wildman–Crippen MR) is 79.0 cm³/mol. The van der Waals surface area contributed by atoms with Crippen LogP contribution in [-0.2, 0) is 0 Å². The highest BCUT2D eigenvalue weighted by Gasteiger charge is 2.22. The molecule has 2 nitrogen and oxygen atoms in total. The molecule has 0 amide bonds. The highest BCUT2D eigenvalue weighted by atomic mass is 79.9. The first-order valence-electron chi connectivity index (χ1n) is 5.09. The molecular formula is C11H12Br2N2S. The summed E-state index contributed by atoms with van der Waals surface area (Å²) in [6, 6.07) is 4.70. The Labute approximate surface area is 117 Å². The zero-order valence-electron chi connectivity index (χ0n) is 8.81. The van der Waals surface area contributed by atoms with Crippen LogP contribution in [-0.4, -0.2) is 11.2 Å². The Morgan fingerprint density at radius 2 is 1.88 bits per heavy atom. The van der Waals surface area contributed by atoms with E-state index in [9.17, 15) is 0 Å². The van der Waals surface area contributed by atoms with Gasteiger partial charge in [-0.1, -0.05) is 0 Å². The number of hydrogen-bond acceptors (Lipinski definition) is 1. The van der Waals surface area contributed by atoms with E-state index in [4.69, 9.17) is 12.2 Å². The van der Waals surface area contributed by atoms with Crippen molar-refractivity contribution in [2.24, 2.45) is 0 Å². The summed E-state index contributed by atoms with van der Waals surface area (Å²) in [6.07, 6.45) is 2.44. The van der Waals surface area contributed by atoms with E-state index < -0.39 is 0 Å². The molecular weight excluding hydrogens is 352 g/mol. The van der Waals surface area contributed by atoms with Gasteiger partial charge in [-0.25, -0.2) is 0 Å². The van der Waals surface area contributed by atoms with Crippen LogP contribution < -0.4 is 10.6 Å². The second-order valence-electron chi connectivity index (χ2n) is 3.98. The summed E-state index contributed by atoms with van der Waals surface area (Å²) in [5, 5.41) is 7.14. The fourth-order valence-electron chi connectivity index (χ4n) is 1.38. The molecule has 2 rings (SSSR count). The highest BCUT2D eigenvalue weighted by molar-refractivity contribution is 9.11. The number of halogens is 2. The molecule has 0 saturated heterocycles. The van der Waals surface area contributed by atoms with E-state index in [1.54, 1.807) is 0 Å². The van der Waals surface area contributed by atoms with Gasteiger partial charge in [-0.15, -0.1) is 0 Å². The minimum absolute atomic E-state index is 0.572. The molecule has 1 fully saturated rings. The molecule has 1 aliphatic rings. The third-order valence-corrected chi connectivity index (χ3v) is 3.81. The van der Waals surface area contributed by atoms with Gasteiger partial charge in [0.1, 0.15) is 0 Å². The van der Waals surface area contributed by atoms with Gasteiger partial charge >= 0.3 is 0 Å². The van der Waals surface area contributed by atoms with E-state index in [-0.39, 0.29) is 0 Å². The van der Waals surface area contributed by atoms with Crippen molar-refractivity contribution in [1.29, 1.82) is 0 Å². The first-order valence-corrected chi connectivity index (χ1v) is 7.09. The second kappa shape index (κ2) is 5.02. The Morgan fingerprint density at radius 3 is 2.38 bits per heavy atom. The average molecular weight is 364 g/mol. The summed E-state index contributed by atoms with van der Waals surface area (Å²) in [6.45, 7) is 2.06. The van der Waals surface area contributed by atoms with Gasteiger partial charge in [0.15, 0.2) is 5.11 Å². The van der Waals surface area contributed by atoms with Crippen LogP contribution in [0.2, 0.25) is 0 Å². The summed E-state index contributed by atoms with van der Waals surface area (Å²) in [7, 11) is 0. The number of rotatable bonds is 2. The number of benzene rings is 1. The molecule has 0 unspecified atom stereocenters. The highest BCUT2D eigenvalue weighted by Crippen LogP contribution is 2.32. The minimum Gasteiger partial charge on any atom is -0.360 e. The van der Waals surface area contributed by atoms with Gasteiger partial charge in [-0.3, -0.25) is 0 Å². The molecule has 5 heteroatoms. The topological polar surface area (TPSA) is 24.1 Å². The Kier molecular flexibility index (Phi) is 3.87. The average Bonchev–Trinajstić information content (AvgIpc) is 2.95. The van der Waals surface area contributed by atoms with Crippen LogP contribution in [0, 0.1) is 6.92 Å². The number of anilines is 1. The Hall–Kier alpha value is -0.130. The first kappa shape index (κ1) is 12.3. The number of hydrogen-bond donors (Lipinski definition) is 2. The van der Waals surface area contributed by atoms with Gasteiger partial charge in [0.2, 0.25) is 0 Å². The fourth-order valence-corrected chi connectivity index (χ4v) is 3.26. The molecule has 0 bridgehead atoms. The van der Waals surface area contributed by atoms with Crippen LogP contribution in [0.5, 0.6) is 0 Å². The van der Waals surface area contributed by atoms with Crippen molar-refractivity contribution in [3.05, 3.63) is 26.6 Å². The summed E-state index contributed by atoms with van der Waals surface area (Å²) in [4.78, 5) is 0. The smallest absolute Gasteiger partial charge is 0.171 e. The number of nitrogens with one attached hydrogen (secondary N) is 2. The Bertz CT molecular complexity index is 407. The molecule has 1 saturated carbocycles. The molecule has 86 valence electrons. The molecule has 2 N–H and O–H groups in total. The molecule has 0 heterocycles. The molecule has 0 spiro atoms. The van der Waals surface area contributed by atoms with Gasteiger partial charge < -0.3 is 10.6 Å². The summed E-state index contributed by atoms with van der Waals surface area (Å²) >= 11 is 12.3. The van der Waals surface area contributed by atoms with E-state index in [1.807, 2.05) is 0 Å². The van der Waals surface area contributed by atoms with E-state index in [2.05, 4.69) is 61.5 Å². The maximum Gasteiger partial charge on any atom is 0.171 e. The van der Waals surface area contributed by atoms with Crippen molar-refractivity contribution in [3.8, 4) is 0 Å². The van der Waals surface area contributed by atoms with E-state index >= 15 is 0 Å². The SMILES string of the molecule is Cc1cc(Br)c(NC(=S)NC2CC2)c(Br)c1. The van der Waals surface area contributed by atoms with E-state index in [0.717, 1.165) is 14.6 Å². The second-order valence-corrected chi connectivity index (χ2v) is 6.09. The molecule has 0 atom stereocenters. The van der Waals surface area contributed by atoms with Crippen LogP contribution >= 0.6 is 44.1 Å². The quantitative estimate of drug-likeness (QED) is 0.777. The largest absolute Gasteiger partial charge is 0.360 e. The third-order valence-electron chi connectivity index (χ3n) is 2.34. The number of thiocarbonyl (C=S) groups is 1. The molecule has 1 aromatic rings. The predicted octanol–water partition coefficient (Wildman–Crippen LogP) is 3.97. The molecule has 0 radical (unpaired) electrons. The van der Waals surface area contributed by atoms with E-state index in [1.165, 1.54) is 18.4 Å². The van der Waals surface area contributed by atoms with Crippen LogP contribution in [0.3, 0.4) is 0 Å². The standard InChI is InChI=1S/C11H12Br2N2S/c1-6-4-8(12)10(9(13)5-6)15-11(16)14-7-2-3-7/h4-5,7H,2-3H2,1H3,(H2,14,15,16). The van der Waals surface area contributed by atoms with E-state index in [0.29, 0.717) is 11.2 Å². The zero-order valence-corrected chi connectivity index (χ0v) is 12.8. The lowest BCUT2D eigenvalue weighted by atomic mass is 10.2. The Balaban J connectivity index is 2.10. The van der Waals surface area contributed by atoms with Crippen LogP contribution in [0.1, 0.15) is 18.4 Å². The minimum atomic E-state index is 0.572.